The predicted octanol–water partition coefficient (Wildman–Crippen LogP) is 2.66. The van der Waals surface area contributed by atoms with Crippen LogP contribution in [0.15, 0.2) is 0 Å². The smallest absolute Gasteiger partial charge is 0.0512 e. The molecule has 1 unspecified atom stereocenters. The molecule has 0 saturated heterocycles. The highest BCUT2D eigenvalue weighted by Gasteiger charge is 2.16. The summed E-state index contributed by atoms with van der Waals surface area (Å²) in [5.74, 6) is 0.965. The molecule has 90 valence electrons. The zero-order valence-corrected chi connectivity index (χ0v) is 10.4. The third-order valence-corrected chi connectivity index (χ3v) is 3.46. The lowest BCUT2D eigenvalue weighted by atomic mass is 10.1. The molecule has 0 spiro atoms. The molecule has 1 fully saturated rings. The molecule has 0 radical (unpaired) electrons. The molecule has 0 aliphatic heterocycles. The van der Waals surface area contributed by atoms with Crippen LogP contribution < -0.4 is 0 Å². The number of nitrogens with zero attached hydrogens (tertiary/aromatic N) is 1. The molecule has 0 aromatic rings. The summed E-state index contributed by atoms with van der Waals surface area (Å²) in [6.45, 7) is 4.36. The van der Waals surface area contributed by atoms with Crippen molar-refractivity contribution in [1.29, 1.82) is 0 Å². The lowest BCUT2D eigenvalue weighted by Crippen LogP contribution is -2.25. The number of unbranched alkanes of at least 4 members (excludes halogenated alkanes) is 1. The molecule has 2 heteroatoms. The van der Waals surface area contributed by atoms with Crippen LogP contribution in [0.1, 0.15) is 51.9 Å². The van der Waals surface area contributed by atoms with Crippen LogP contribution >= 0.6 is 0 Å². The first kappa shape index (κ1) is 13.0. The van der Waals surface area contributed by atoms with Crippen molar-refractivity contribution in [3.8, 4) is 0 Å². The van der Waals surface area contributed by atoms with Gasteiger partial charge in [0.1, 0.15) is 0 Å². The molecule has 15 heavy (non-hydrogen) atoms. The Balaban J connectivity index is 1.95. The molecule has 0 bridgehead atoms. The fraction of sp³-hybridized carbons (Fsp3) is 1.00. The highest BCUT2D eigenvalue weighted by molar-refractivity contribution is 4.70. The van der Waals surface area contributed by atoms with Gasteiger partial charge in [0, 0.05) is 6.54 Å². The normalized spacial score (nSPS) is 20.0. The maximum Gasteiger partial charge on any atom is 0.0512 e. The van der Waals surface area contributed by atoms with Crippen molar-refractivity contribution in [3.05, 3.63) is 0 Å². The van der Waals surface area contributed by atoms with Crippen LogP contribution in [0.2, 0.25) is 0 Å². The van der Waals surface area contributed by atoms with Gasteiger partial charge in [-0.1, -0.05) is 12.8 Å². The number of hydrogen-bond donors (Lipinski definition) is 1. The van der Waals surface area contributed by atoms with E-state index in [1.54, 1.807) is 0 Å². The van der Waals surface area contributed by atoms with E-state index in [1.165, 1.54) is 45.2 Å². The van der Waals surface area contributed by atoms with Gasteiger partial charge in [-0.2, -0.15) is 0 Å². The van der Waals surface area contributed by atoms with E-state index in [-0.39, 0.29) is 6.10 Å². The maximum absolute atomic E-state index is 9.13. The zero-order chi connectivity index (χ0) is 11.1. The van der Waals surface area contributed by atoms with Gasteiger partial charge in [0.25, 0.3) is 0 Å². The fourth-order valence-electron chi connectivity index (χ4n) is 2.55. The third kappa shape index (κ3) is 6.16. The Labute approximate surface area is 94.7 Å². The van der Waals surface area contributed by atoms with Gasteiger partial charge in [0.15, 0.2) is 0 Å². The molecule has 1 N–H and O–H groups in total. The highest BCUT2D eigenvalue weighted by Crippen LogP contribution is 2.25. The summed E-state index contributed by atoms with van der Waals surface area (Å²) in [7, 11) is 2.24. The number of aliphatic hydroxyl groups is 1. The van der Waals surface area contributed by atoms with Crippen LogP contribution in [0, 0.1) is 5.92 Å². The van der Waals surface area contributed by atoms with Crippen molar-refractivity contribution in [2.45, 2.75) is 58.0 Å². The molecule has 0 heterocycles. The van der Waals surface area contributed by atoms with Gasteiger partial charge >= 0.3 is 0 Å². The minimum atomic E-state index is -0.120. The molecule has 1 saturated carbocycles. The quantitative estimate of drug-likeness (QED) is 0.657. The molecular weight excluding hydrogens is 186 g/mol. The Morgan fingerprint density at radius 1 is 1.27 bits per heavy atom. The van der Waals surface area contributed by atoms with Gasteiger partial charge in [-0.15, -0.1) is 0 Å². The minimum Gasteiger partial charge on any atom is -0.393 e. The van der Waals surface area contributed by atoms with Crippen molar-refractivity contribution in [2.75, 3.05) is 20.1 Å². The Hall–Kier alpha value is -0.0800. The zero-order valence-electron chi connectivity index (χ0n) is 10.4. The molecular formula is C13H27NO. The van der Waals surface area contributed by atoms with Gasteiger partial charge in [-0.25, -0.2) is 0 Å². The molecule has 0 aromatic heterocycles. The number of aliphatic hydroxyl groups excluding tert-OH is 1. The van der Waals surface area contributed by atoms with Crippen LogP contribution in [0.3, 0.4) is 0 Å². The van der Waals surface area contributed by atoms with E-state index in [1.807, 2.05) is 6.92 Å². The van der Waals surface area contributed by atoms with Gasteiger partial charge in [-0.3, -0.25) is 0 Å². The van der Waals surface area contributed by atoms with Gasteiger partial charge in [-0.05, 0) is 58.5 Å². The number of rotatable bonds is 7. The Bertz CT molecular complexity index is 153. The molecule has 1 aliphatic carbocycles. The average molecular weight is 213 g/mol. The van der Waals surface area contributed by atoms with E-state index in [9.17, 15) is 0 Å². The molecule has 2 nitrogen and oxygen atoms in total. The predicted molar refractivity (Wildman–Crippen MR) is 65.0 cm³/mol. The van der Waals surface area contributed by atoms with Gasteiger partial charge in [0.05, 0.1) is 6.10 Å². The first-order chi connectivity index (χ1) is 7.18. The van der Waals surface area contributed by atoms with Crippen LogP contribution in [0.25, 0.3) is 0 Å². The summed E-state index contributed by atoms with van der Waals surface area (Å²) in [5.41, 5.74) is 0. The molecule has 1 atom stereocenters. The minimum absolute atomic E-state index is 0.120. The second kappa shape index (κ2) is 7.24. The van der Waals surface area contributed by atoms with E-state index in [4.69, 9.17) is 5.11 Å². The van der Waals surface area contributed by atoms with Crippen molar-refractivity contribution >= 4 is 0 Å². The van der Waals surface area contributed by atoms with Crippen LogP contribution in [-0.2, 0) is 0 Å². The molecule has 0 amide bonds. The largest absolute Gasteiger partial charge is 0.393 e. The highest BCUT2D eigenvalue weighted by atomic mass is 16.3. The second-order valence-corrected chi connectivity index (χ2v) is 5.26. The monoisotopic (exact) mass is 213 g/mol. The topological polar surface area (TPSA) is 23.5 Å². The second-order valence-electron chi connectivity index (χ2n) is 5.26. The Morgan fingerprint density at radius 3 is 2.53 bits per heavy atom. The van der Waals surface area contributed by atoms with Crippen LogP contribution in [0.4, 0.5) is 0 Å². The lowest BCUT2D eigenvalue weighted by Gasteiger charge is -2.20. The SMILES string of the molecule is CC(O)CCCCN(C)CC1CCCC1. The molecule has 1 rings (SSSR count). The number of hydrogen-bond acceptors (Lipinski definition) is 2. The summed E-state index contributed by atoms with van der Waals surface area (Å²) < 4.78 is 0. The van der Waals surface area contributed by atoms with E-state index >= 15 is 0 Å². The summed E-state index contributed by atoms with van der Waals surface area (Å²) >= 11 is 0. The third-order valence-electron chi connectivity index (χ3n) is 3.46. The Morgan fingerprint density at radius 2 is 1.93 bits per heavy atom. The summed E-state index contributed by atoms with van der Waals surface area (Å²) in [5, 5.41) is 9.13. The van der Waals surface area contributed by atoms with Crippen LogP contribution in [-0.4, -0.2) is 36.2 Å². The summed E-state index contributed by atoms with van der Waals surface area (Å²) in [6.07, 6.45) is 9.00. The lowest BCUT2D eigenvalue weighted by molar-refractivity contribution is 0.177. The van der Waals surface area contributed by atoms with Gasteiger partial charge < -0.3 is 10.0 Å². The first-order valence-corrected chi connectivity index (χ1v) is 6.55. The first-order valence-electron chi connectivity index (χ1n) is 6.55. The van der Waals surface area contributed by atoms with E-state index in [2.05, 4.69) is 11.9 Å². The van der Waals surface area contributed by atoms with Crippen molar-refractivity contribution in [1.82, 2.24) is 4.90 Å². The van der Waals surface area contributed by atoms with E-state index < -0.39 is 0 Å². The van der Waals surface area contributed by atoms with Crippen molar-refractivity contribution in [2.24, 2.45) is 5.92 Å². The van der Waals surface area contributed by atoms with E-state index in [0.717, 1.165) is 18.8 Å². The summed E-state index contributed by atoms with van der Waals surface area (Å²) in [6, 6.07) is 0. The van der Waals surface area contributed by atoms with Crippen molar-refractivity contribution < 1.29 is 5.11 Å². The molecule has 1 aliphatic rings. The van der Waals surface area contributed by atoms with Crippen LogP contribution in [0.5, 0.6) is 0 Å². The summed E-state index contributed by atoms with van der Waals surface area (Å²) in [4.78, 5) is 2.47. The van der Waals surface area contributed by atoms with E-state index in [0.29, 0.717) is 0 Å². The van der Waals surface area contributed by atoms with Gasteiger partial charge in [0.2, 0.25) is 0 Å². The average Bonchev–Trinajstić information content (AvgIpc) is 2.64. The Kier molecular flexibility index (Phi) is 6.26. The van der Waals surface area contributed by atoms with Crippen molar-refractivity contribution in [3.63, 3.8) is 0 Å². The standard InChI is InChI=1S/C13H27NO/c1-12(15)7-5-6-10-14(2)11-13-8-3-4-9-13/h12-13,15H,3-11H2,1-2H3. The fourth-order valence-corrected chi connectivity index (χ4v) is 2.55. The molecule has 0 aromatic carbocycles. The maximum atomic E-state index is 9.13.